The molecule has 3 rings (SSSR count). The number of nitrogens with one attached hydrogen (secondary N) is 1. The first-order chi connectivity index (χ1) is 12.8. The Bertz CT molecular complexity index is 883. The number of hydrogen-bond acceptors (Lipinski definition) is 4. The van der Waals surface area contributed by atoms with Gasteiger partial charge in [-0.3, -0.25) is 4.79 Å². The van der Waals surface area contributed by atoms with Gasteiger partial charge in [-0.15, -0.1) is 0 Å². The normalized spacial score (nSPS) is 18.2. The molecule has 5 nitrogen and oxygen atoms in total. The van der Waals surface area contributed by atoms with Crippen molar-refractivity contribution in [3.8, 4) is 5.75 Å². The molecule has 1 unspecified atom stereocenters. The maximum Gasteiger partial charge on any atom is 0.336 e. The van der Waals surface area contributed by atoms with Crippen molar-refractivity contribution in [2.45, 2.75) is 64.0 Å². The maximum atomic E-state index is 13.2. The molecule has 1 fully saturated rings. The van der Waals surface area contributed by atoms with Gasteiger partial charge in [0.05, 0.1) is 0 Å². The molecule has 2 aromatic rings. The van der Waals surface area contributed by atoms with Gasteiger partial charge in [0.2, 0.25) is 5.92 Å². The molecule has 0 aliphatic heterocycles. The molecule has 1 amide bonds. The summed E-state index contributed by atoms with van der Waals surface area (Å²) in [5, 5.41) is 3.59. The number of hydrogen-bond donors (Lipinski definition) is 1. The number of amides is 1. The minimum atomic E-state index is -2.63. The highest BCUT2D eigenvalue weighted by Gasteiger charge is 2.35. The summed E-state index contributed by atoms with van der Waals surface area (Å²) in [5.74, 6) is -2.58. The zero-order chi connectivity index (χ0) is 19.6. The van der Waals surface area contributed by atoms with E-state index in [4.69, 9.17) is 9.15 Å². The molecule has 146 valence electrons. The molecule has 0 saturated heterocycles. The Balaban J connectivity index is 1.66. The smallest absolute Gasteiger partial charge is 0.336 e. The average Bonchev–Trinajstić information content (AvgIpc) is 2.62. The lowest BCUT2D eigenvalue weighted by Gasteiger charge is -2.29. The monoisotopic (exact) mass is 379 g/mol. The minimum absolute atomic E-state index is 0.212. The van der Waals surface area contributed by atoms with Crippen molar-refractivity contribution in [3.05, 3.63) is 40.2 Å². The van der Waals surface area contributed by atoms with E-state index in [9.17, 15) is 18.4 Å². The quantitative estimate of drug-likeness (QED) is 0.802. The molecule has 0 spiro atoms. The van der Waals surface area contributed by atoms with Gasteiger partial charge in [0.1, 0.15) is 11.3 Å². The van der Waals surface area contributed by atoms with Gasteiger partial charge in [-0.1, -0.05) is 6.92 Å². The van der Waals surface area contributed by atoms with Crippen molar-refractivity contribution in [1.82, 2.24) is 5.32 Å². The first-order valence-electron chi connectivity index (χ1n) is 9.19. The predicted molar refractivity (Wildman–Crippen MR) is 97.3 cm³/mol. The van der Waals surface area contributed by atoms with Crippen LogP contribution in [0.2, 0.25) is 0 Å². The van der Waals surface area contributed by atoms with Crippen molar-refractivity contribution in [3.63, 3.8) is 0 Å². The molecule has 1 aliphatic rings. The molecule has 0 bridgehead atoms. The van der Waals surface area contributed by atoms with Crippen LogP contribution in [0, 0.1) is 0 Å². The maximum absolute atomic E-state index is 13.2. The van der Waals surface area contributed by atoms with Crippen LogP contribution in [0.5, 0.6) is 5.75 Å². The third-order valence-electron chi connectivity index (χ3n) is 4.93. The van der Waals surface area contributed by atoms with E-state index in [0.717, 1.165) is 10.9 Å². The highest BCUT2D eigenvalue weighted by atomic mass is 19.3. The summed E-state index contributed by atoms with van der Waals surface area (Å²) in [6.45, 7) is 3.54. The van der Waals surface area contributed by atoms with Gasteiger partial charge in [0, 0.05) is 36.4 Å². The van der Waals surface area contributed by atoms with Gasteiger partial charge in [-0.25, -0.2) is 13.6 Å². The Hall–Kier alpha value is -2.44. The topological polar surface area (TPSA) is 68.5 Å². The van der Waals surface area contributed by atoms with Crippen LogP contribution < -0.4 is 15.7 Å². The fraction of sp³-hybridized carbons (Fsp3) is 0.500. The molecule has 1 aromatic carbocycles. The van der Waals surface area contributed by atoms with Gasteiger partial charge in [-0.05, 0) is 43.9 Å². The van der Waals surface area contributed by atoms with E-state index in [1.807, 2.05) is 6.92 Å². The molecule has 1 heterocycles. The van der Waals surface area contributed by atoms with E-state index < -0.39 is 17.7 Å². The van der Waals surface area contributed by atoms with Crippen LogP contribution in [0.1, 0.15) is 45.1 Å². The van der Waals surface area contributed by atoms with E-state index in [1.165, 1.54) is 6.07 Å². The number of aryl methyl sites for hydroxylation is 1. The van der Waals surface area contributed by atoms with Crippen molar-refractivity contribution in [2.75, 3.05) is 0 Å². The zero-order valence-electron chi connectivity index (χ0n) is 15.4. The number of carbonyl (C=O) groups excluding carboxylic acids is 1. The summed E-state index contributed by atoms with van der Waals surface area (Å²) in [7, 11) is 0. The minimum Gasteiger partial charge on any atom is -0.481 e. The summed E-state index contributed by atoms with van der Waals surface area (Å²) in [4.78, 5) is 23.9. The Morgan fingerprint density at radius 3 is 2.70 bits per heavy atom. The molecular weight excluding hydrogens is 356 g/mol. The van der Waals surface area contributed by atoms with Crippen LogP contribution in [0.25, 0.3) is 11.0 Å². The van der Waals surface area contributed by atoms with Gasteiger partial charge in [0.15, 0.2) is 6.10 Å². The van der Waals surface area contributed by atoms with Crippen molar-refractivity contribution in [1.29, 1.82) is 0 Å². The van der Waals surface area contributed by atoms with Gasteiger partial charge >= 0.3 is 5.63 Å². The molecule has 1 N–H and O–H groups in total. The standard InChI is InChI=1S/C20H23F2NO4/c1-3-13-10-18(24)27-17-11-15(4-5-16(13)17)26-12(2)19(25)23-14-6-8-20(21,22)9-7-14/h4-5,10-12,14H,3,6-9H2,1-2H3,(H,23,25). The van der Waals surface area contributed by atoms with Gasteiger partial charge in [-0.2, -0.15) is 0 Å². The lowest BCUT2D eigenvalue weighted by atomic mass is 9.92. The van der Waals surface area contributed by atoms with E-state index in [0.29, 0.717) is 17.8 Å². The van der Waals surface area contributed by atoms with Crippen molar-refractivity contribution in [2.24, 2.45) is 0 Å². The molecule has 1 atom stereocenters. The number of halogens is 2. The summed E-state index contributed by atoms with van der Waals surface area (Å²) in [5.41, 5.74) is 0.850. The first kappa shape index (κ1) is 19.3. The van der Waals surface area contributed by atoms with Crippen molar-refractivity contribution < 1.29 is 22.7 Å². The third-order valence-corrected chi connectivity index (χ3v) is 4.93. The van der Waals surface area contributed by atoms with Crippen LogP contribution in [-0.4, -0.2) is 24.0 Å². The number of ether oxygens (including phenoxy) is 1. The largest absolute Gasteiger partial charge is 0.481 e. The van der Waals surface area contributed by atoms with Crippen LogP contribution in [-0.2, 0) is 11.2 Å². The van der Waals surface area contributed by atoms with E-state index in [-0.39, 0.29) is 37.6 Å². The summed E-state index contributed by atoms with van der Waals surface area (Å²) in [6, 6.07) is 6.30. The van der Waals surface area contributed by atoms with E-state index in [1.54, 1.807) is 25.1 Å². The number of fused-ring (bicyclic) bond motifs is 1. The summed E-state index contributed by atoms with van der Waals surface area (Å²) in [6.07, 6.45) is -0.0147. The highest BCUT2D eigenvalue weighted by Crippen LogP contribution is 2.33. The second kappa shape index (κ2) is 7.66. The van der Waals surface area contributed by atoms with E-state index >= 15 is 0 Å². The Morgan fingerprint density at radius 1 is 1.33 bits per heavy atom. The average molecular weight is 379 g/mol. The molecule has 1 saturated carbocycles. The number of rotatable bonds is 5. The lowest BCUT2D eigenvalue weighted by molar-refractivity contribution is -0.129. The molecule has 0 radical (unpaired) electrons. The Labute approximate surface area is 155 Å². The first-order valence-corrected chi connectivity index (χ1v) is 9.19. The Morgan fingerprint density at radius 2 is 2.04 bits per heavy atom. The third kappa shape index (κ3) is 4.64. The van der Waals surface area contributed by atoms with Crippen LogP contribution in [0.3, 0.4) is 0 Å². The molecule has 7 heteroatoms. The fourth-order valence-corrected chi connectivity index (χ4v) is 3.34. The predicted octanol–water partition coefficient (Wildman–Crippen LogP) is 3.82. The SMILES string of the molecule is CCc1cc(=O)oc2cc(OC(C)C(=O)NC3CCC(F)(F)CC3)ccc12. The summed E-state index contributed by atoms with van der Waals surface area (Å²) < 4.78 is 37.3. The van der Waals surface area contributed by atoms with Crippen LogP contribution >= 0.6 is 0 Å². The molecule has 1 aliphatic carbocycles. The molecular formula is C20H23F2NO4. The number of benzene rings is 1. The second-order valence-electron chi connectivity index (χ2n) is 7.00. The van der Waals surface area contributed by atoms with Crippen LogP contribution in [0.4, 0.5) is 8.78 Å². The van der Waals surface area contributed by atoms with Gasteiger partial charge in [0.25, 0.3) is 5.91 Å². The lowest BCUT2D eigenvalue weighted by Crippen LogP contribution is -2.45. The van der Waals surface area contributed by atoms with E-state index in [2.05, 4.69) is 5.32 Å². The number of carbonyl (C=O) groups is 1. The number of alkyl halides is 2. The Kier molecular flexibility index (Phi) is 5.48. The van der Waals surface area contributed by atoms with Gasteiger partial charge < -0.3 is 14.5 Å². The van der Waals surface area contributed by atoms with Crippen molar-refractivity contribution >= 4 is 16.9 Å². The van der Waals surface area contributed by atoms with Crippen LogP contribution in [0.15, 0.2) is 33.5 Å². The summed E-state index contributed by atoms with van der Waals surface area (Å²) >= 11 is 0. The molecule has 27 heavy (non-hydrogen) atoms. The second-order valence-corrected chi connectivity index (χ2v) is 7.00. The highest BCUT2D eigenvalue weighted by molar-refractivity contribution is 5.83. The molecule has 1 aromatic heterocycles. The zero-order valence-corrected chi connectivity index (χ0v) is 15.4. The fourth-order valence-electron chi connectivity index (χ4n) is 3.34.